The normalized spacial score (nSPS) is 13.3. The minimum atomic E-state index is -1.73. The molecule has 37 heavy (non-hydrogen) atoms. The largest absolute Gasteiger partial charge is 0.444 e. The van der Waals surface area contributed by atoms with Crippen molar-refractivity contribution in [1.82, 2.24) is 10.6 Å². The molecule has 0 saturated carbocycles. The summed E-state index contributed by atoms with van der Waals surface area (Å²) in [7, 11) is -1.73. The van der Waals surface area contributed by atoms with Crippen LogP contribution in [0.1, 0.15) is 66.4 Å². The molecule has 0 aliphatic heterocycles. The Morgan fingerprint density at radius 3 is 2.22 bits per heavy atom. The molecule has 0 heterocycles. The van der Waals surface area contributed by atoms with Crippen LogP contribution < -0.4 is 16.4 Å². The van der Waals surface area contributed by atoms with Crippen LogP contribution in [0.25, 0.3) is 10.8 Å². The molecule has 0 aliphatic rings. The number of benzene rings is 2. The van der Waals surface area contributed by atoms with Gasteiger partial charge >= 0.3 is 6.09 Å². The Kier molecular flexibility index (Phi) is 10.6. The van der Waals surface area contributed by atoms with Crippen molar-refractivity contribution in [3.05, 3.63) is 42.0 Å². The summed E-state index contributed by atoms with van der Waals surface area (Å²) in [5.41, 5.74) is 7.10. The summed E-state index contributed by atoms with van der Waals surface area (Å²) in [5.74, 6) is -0.232. The second-order valence-corrected chi connectivity index (χ2v) is 17.0. The van der Waals surface area contributed by atoms with Crippen molar-refractivity contribution < 1.29 is 18.8 Å². The number of alkyl carbamates (subject to hydrolysis) is 1. The lowest BCUT2D eigenvalue weighted by atomic mass is 9.97. The SMILES string of the molecule is CC(C)(C)OC(=O)N[C@@H](Cc1ccc(N)c2ccccc12)C(=O)NCCCCCO[Si](C)(C)C(C)(C)C. The number of hydrogen-bond acceptors (Lipinski definition) is 5. The summed E-state index contributed by atoms with van der Waals surface area (Å²) in [6.07, 6.45) is 2.47. The number of fused-ring (bicyclic) bond motifs is 1. The summed E-state index contributed by atoms with van der Waals surface area (Å²) in [5, 5.41) is 7.86. The van der Waals surface area contributed by atoms with Crippen molar-refractivity contribution in [3.8, 4) is 0 Å². The predicted molar refractivity (Wildman–Crippen MR) is 155 cm³/mol. The third-order valence-electron chi connectivity index (χ3n) is 6.87. The highest BCUT2D eigenvalue weighted by atomic mass is 28.4. The molecule has 0 spiro atoms. The maximum Gasteiger partial charge on any atom is 0.408 e. The van der Waals surface area contributed by atoms with E-state index in [4.69, 9.17) is 14.9 Å². The van der Waals surface area contributed by atoms with Crippen LogP contribution in [-0.2, 0) is 20.4 Å². The topological polar surface area (TPSA) is 103 Å². The number of anilines is 1. The summed E-state index contributed by atoms with van der Waals surface area (Å²) in [4.78, 5) is 25.7. The molecule has 2 amide bonds. The van der Waals surface area contributed by atoms with Gasteiger partial charge in [0.1, 0.15) is 11.6 Å². The number of amides is 2. The van der Waals surface area contributed by atoms with Gasteiger partial charge in [0.2, 0.25) is 5.91 Å². The molecule has 1 atom stereocenters. The van der Waals surface area contributed by atoms with E-state index in [0.717, 1.165) is 42.2 Å². The third kappa shape index (κ3) is 9.67. The molecule has 0 radical (unpaired) electrons. The van der Waals surface area contributed by atoms with E-state index in [1.54, 1.807) is 20.8 Å². The average molecular weight is 530 g/mol. The number of nitrogen functional groups attached to an aromatic ring is 1. The molecule has 0 aromatic heterocycles. The summed E-state index contributed by atoms with van der Waals surface area (Å²) in [6.45, 7) is 17.9. The van der Waals surface area contributed by atoms with Crippen molar-refractivity contribution in [1.29, 1.82) is 0 Å². The lowest BCUT2D eigenvalue weighted by Crippen LogP contribution is -2.49. The highest BCUT2D eigenvalue weighted by Crippen LogP contribution is 2.36. The van der Waals surface area contributed by atoms with Gasteiger partial charge in [0.15, 0.2) is 8.32 Å². The lowest BCUT2D eigenvalue weighted by molar-refractivity contribution is -0.123. The van der Waals surface area contributed by atoms with Crippen LogP contribution in [0.2, 0.25) is 18.1 Å². The van der Waals surface area contributed by atoms with Crippen LogP contribution >= 0.6 is 0 Å². The van der Waals surface area contributed by atoms with Crippen molar-refractivity contribution in [2.24, 2.45) is 0 Å². The van der Waals surface area contributed by atoms with Gasteiger partial charge in [-0.15, -0.1) is 0 Å². The zero-order chi connectivity index (χ0) is 27.9. The molecule has 0 aliphatic carbocycles. The van der Waals surface area contributed by atoms with E-state index in [9.17, 15) is 9.59 Å². The van der Waals surface area contributed by atoms with Gasteiger partial charge in [-0.1, -0.05) is 51.1 Å². The highest BCUT2D eigenvalue weighted by Gasteiger charge is 2.36. The first kappa shape index (κ1) is 30.6. The van der Waals surface area contributed by atoms with Crippen LogP contribution in [0.3, 0.4) is 0 Å². The Balaban J connectivity index is 1.98. The fourth-order valence-corrected chi connectivity index (χ4v) is 4.81. The fraction of sp³-hybridized carbons (Fsp3) is 0.586. The number of ether oxygens (including phenoxy) is 1. The maximum absolute atomic E-state index is 13.2. The van der Waals surface area contributed by atoms with Gasteiger partial charge in [-0.2, -0.15) is 0 Å². The lowest BCUT2D eigenvalue weighted by Gasteiger charge is -2.36. The molecule has 7 nitrogen and oxygen atoms in total. The Morgan fingerprint density at radius 1 is 0.946 bits per heavy atom. The van der Waals surface area contributed by atoms with Gasteiger partial charge in [0, 0.05) is 30.6 Å². The van der Waals surface area contributed by atoms with E-state index >= 15 is 0 Å². The van der Waals surface area contributed by atoms with Gasteiger partial charge in [0.05, 0.1) is 0 Å². The van der Waals surface area contributed by atoms with Gasteiger partial charge in [-0.05, 0) is 75.2 Å². The zero-order valence-corrected chi connectivity index (χ0v) is 25.0. The molecule has 2 aromatic carbocycles. The van der Waals surface area contributed by atoms with Gasteiger partial charge in [-0.3, -0.25) is 4.79 Å². The van der Waals surface area contributed by atoms with Crippen LogP contribution in [0.4, 0.5) is 10.5 Å². The van der Waals surface area contributed by atoms with Crippen LogP contribution in [0.15, 0.2) is 36.4 Å². The Morgan fingerprint density at radius 2 is 1.59 bits per heavy atom. The number of nitrogens with one attached hydrogen (secondary N) is 2. The monoisotopic (exact) mass is 529 g/mol. The van der Waals surface area contributed by atoms with Crippen molar-refractivity contribution in [2.45, 2.75) is 97.0 Å². The maximum atomic E-state index is 13.2. The first-order valence-corrected chi connectivity index (χ1v) is 16.2. The average Bonchev–Trinajstić information content (AvgIpc) is 2.77. The molecular weight excluding hydrogens is 482 g/mol. The van der Waals surface area contributed by atoms with Gasteiger partial charge in [-0.25, -0.2) is 4.79 Å². The quantitative estimate of drug-likeness (QED) is 0.184. The van der Waals surface area contributed by atoms with Crippen molar-refractivity contribution >= 4 is 36.8 Å². The molecule has 206 valence electrons. The molecule has 8 heteroatoms. The van der Waals surface area contributed by atoms with E-state index in [-0.39, 0.29) is 10.9 Å². The molecule has 0 saturated heterocycles. The van der Waals surface area contributed by atoms with E-state index in [1.165, 1.54) is 0 Å². The standard InChI is InChI=1S/C29H47N3O4Si/c1-28(2,3)36-27(34)32-25(20-21-16-17-24(30)23-15-11-10-14-22(21)23)26(33)31-18-12-9-13-19-35-37(7,8)29(4,5)6/h10-11,14-17,25H,9,12-13,18-20,30H2,1-8H3,(H,31,33)(H,32,34)/t25-/m0/s1. The summed E-state index contributed by atoms with van der Waals surface area (Å²) >= 11 is 0. The fourth-order valence-electron chi connectivity index (χ4n) is 3.72. The number of rotatable bonds is 11. The number of carbonyl (C=O) groups is 2. The Labute approximate surface area is 224 Å². The van der Waals surface area contributed by atoms with E-state index < -0.39 is 26.1 Å². The molecule has 4 N–H and O–H groups in total. The number of nitrogens with two attached hydrogens (primary N) is 1. The van der Waals surface area contributed by atoms with Crippen molar-refractivity contribution in [2.75, 3.05) is 18.9 Å². The van der Waals surface area contributed by atoms with Gasteiger partial charge < -0.3 is 25.5 Å². The smallest absolute Gasteiger partial charge is 0.408 e. The van der Waals surface area contributed by atoms with Crippen LogP contribution in [-0.4, -0.2) is 45.1 Å². The highest BCUT2D eigenvalue weighted by molar-refractivity contribution is 6.74. The molecular formula is C29H47N3O4Si. The number of carbonyl (C=O) groups excluding carboxylic acids is 2. The number of unbranched alkanes of at least 4 members (excludes halogenated alkanes) is 2. The molecule has 0 bridgehead atoms. The third-order valence-corrected chi connectivity index (χ3v) is 11.4. The summed E-state index contributed by atoms with van der Waals surface area (Å²) in [6, 6.07) is 10.8. The van der Waals surface area contributed by atoms with E-state index in [0.29, 0.717) is 18.7 Å². The first-order valence-electron chi connectivity index (χ1n) is 13.3. The van der Waals surface area contributed by atoms with Crippen LogP contribution in [0.5, 0.6) is 0 Å². The van der Waals surface area contributed by atoms with Gasteiger partial charge in [0.25, 0.3) is 0 Å². The van der Waals surface area contributed by atoms with E-state index in [1.807, 2.05) is 36.4 Å². The second kappa shape index (κ2) is 12.8. The Hall–Kier alpha value is -2.58. The molecule has 2 rings (SSSR count). The molecule has 0 fully saturated rings. The summed E-state index contributed by atoms with van der Waals surface area (Å²) < 4.78 is 11.7. The van der Waals surface area contributed by atoms with Crippen LogP contribution in [0, 0.1) is 0 Å². The molecule has 2 aromatic rings. The number of hydrogen-bond donors (Lipinski definition) is 3. The minimum absolute atomic E-state index is 0.201. The Bertz CT molecular complexity index is 1060. The molecule has 0 unspecified atom stereocenters. The van der Waals surface area contributed by atoms with E-state index in [2.05, 4.69) is 44.5 Å². The first-order chi connectivity index (χ1) is 17.1. The second-order valence-electron chi connectivity index (χ2n) is 12.2. The predicted octanol–water partition coefficient (Wildman–Crippen LogP) is 6.17. The zero-order valence-electron chi connectivity index (χ0n) is 24.0. The minimum Gasteiger partial charge on any atom is -0.444 e. The van der Waals surface area contributed by atoms with Crippen molar-refractivity contribution in [3.63, 3.8) is 0 Å².